The van der Waals surface area contributed by atoms with Crippen LogP contribution in [-0.4, -0.2) is 29.2 Å². The molecule has 1 atom stereocenters. The summed E-state index contributed by atoms with van der Waals surface area (Å²) in [6.07, 6.45) is -3.95. The maximum absolute atomic E-state index is 12.5. The van der Waals surface area contributed by atoms with Crippen molar-refractivity contribution in [2.45, 2.75) is 30.8 Å². The van der Waals surface area contributed by atoms with Crippen molar-refractivity contribution in [3.05, 3.63) is 29.3 Å². The molecule has 21 heavy (non-hydrogen) atoms. The highest BCUT2D eigenvalue weighted by molar-refractivity contribution is 9.10. The van der Waals surface area contributed by atoms with Crippen LogP contribution in [0.1, 0.15) is 29.3 Å². The molecule has 0 spiro atoms. The highest BCUT2D eigenvalue weighted by Gasteiger charge is 2.44. The number of benzene rings is 1. The van der Waals surface area contributed by atoms with Gasteiger partial charge in [0.1, 0.15) is 0 Å². The third-order valence-corrected chi connectivity index (χ3v) is 4.45. The van der Waals surface area contributed by atoms with Crippen molar-refractivity contribution >= 4 is 33.3 Å². The zero-order chi connectivity index (χ0) is 15.8. The number of hydrogen-bond acceptors (Lipinski definition) is 2. The van der Waals surface area contributed by atoms with Crippen LogP contribution in [0.15, 0.2) is 18.2 Å². The van der Waals surface area contributed by atoms with Gasteiger partial charge in [-0.1, -0.05) is 22.9 Å². The molecule has 114 valence electrons. The van der Waals surface area contributed by atoms with Crippen molar-refractivity contribution in [3.63, 3.8) is 0 Å². The fourth-order valence-corrected chi connectivity index (χ4v) is 2.55. The molecule has 1 aliphatic heterocycles. The van der Waals surface area contributed by atoms with E-state index in [1.807, 2.05) is 6.92 Å². The lowest BCUT2D eigenvalue weighted by Crippen LogP contribution is -2.40. The molecule has 0 saturated carbocycles. The Bertz CT molecular complexity index is 586. The number of nitrogens with zero attached hydrogens (tertiary/aromatic N) is 1. The van der Waals surface area contributed by atoms with E-state index in [-0.39, 0.29) is 22.8 Å². The van der Waals surface area contributed by atoms with Crippen molar-refractivity contribution in [1.29, 1.82) is 0 Å². The number of fused-ring (bicyclic) bond motifs is 1. The first kappa shape index (κ1) is 16.0. The van der Waals surface area contributed by atoms with Crippen LogP contribution < -0.4 is 4.90 Å². The Morgan fingerprint density at radius 1 is 1.38 bits per heavy atom. The van der Waals surface area contributed by atoms with Crippen LogP contribution in [0.2, 0.25) is 0 Å². The van der Waals surface area contributed by atoms with Crippen molar-refractivity contribution in [2.75, 3.05) is 11.4 Å². The zero-order valence-electron chi connectivity index (χ0n) is 11.2. The number of halogens is 4. The largest absolute Gasteiger partial charge is 0.471 e. The minimum Gasteiger partial charge on any atom is -0.304 e. The summed E-state index contributed by atoms with van der Waals surface area (Å²) >= 11 is 3.26. The zero-order valence-corrected chi connectivity index (χ0v) is 12.8. The molecule has 0 aliphatic carbocycles. The van der Waals surface area contributed by atoms with E-state index in [1.165, 1.54) is 12.1 Å². The van der Waals surface area contributed by atoms with Gasteiger partial charge in [0.25, 0.3) is 0 Å². The van der Waals surface area contributed by atoms with Crippen molar-refractivity contribution in [2.24, 2.45) is 0 Å². The number of anilines is 1. The van der Waals surface area contributed by atoms with E-state index in [9.17, 15) is 22.8 Å². The number of rotatable bonds is 3. The number of amides is 1. The van der Waals surface area contributed by atoms with Gasteiger partial charge >= 0.3 is 12.1 Å². The third-order valence-electron chi connectivity index (χ3n) is 3.39. The Balaban J connectivity index is 2.29. The fraction of sp³-hybridized carbons (Fsp3) is 0.429. The number of hydrogen-bond donors (Lipinski definition) is 0. The number of carbonyl (C=O) groups excluding carboxylic acids is 2. The maximum Gasteiger partial charge on any atom is 0.471 e. The quantitative estimate of drug-likeness (QED) is 0.608. The summed E-state index contributed by atoms with van der Waals surface area (Å²) in [4.78, 5) is 23.8. The van der Waals surface area contributed by atoms with Crippen molar-refractivity contribution in [1.82, 2.24) is 0 Å². The van der Waals surface area contributed by atoms with Crippen LogP contribution in [0.25, 0.3) is 0 Å². The molecule has 1 amide bonds. The lowest BCUT2D eigenvalue weighted by atomic mass is 10.0. The first-order valence-corrected chi connectivity index (χ1v) is 7.37. The molecule has 1 aliphatic rings. The number of carbonyl (C=O) groups is 2. The van der Waals surface area contributed by atoms with Gasteiger partial charge in [-0.25, -0.2) is 0 Å². The molecule has 0 fully saturated rings. The second kappa shape index (κ2) is 5.79. The van der Waals surface area contributed by atoms with E-state index in [4.69, 9.17) is 0 Å². The molecule has 3 nitrogen and oxygen atoms in total. The van der Waals surface area contributed by atoms with Gasteiger partial charge in [-0.2, -0.15) is 13.2 Å². The lowest BCUT2D eigenvalue weighted by Gasteiger charge is -2.19. The SMILES string of the molecule is CCC(Br)C(=O)c1ccc2c(c1)CCN2C(=O)C(F)(F)F. The Hall–Kier alpha value is -1.37. The summed E-state index contributed by atoms with van der Waals surface area (Å²) in [7, 11) is 0. The first-order valence-electron chi connectivity index (χ1n) is 6.45. The number of alkyl halides is 4. The standard InChI is InChI=1S/C14H13BrF3NO2/c1-2-10(15)12(20)9-3-4-11-8(7-9)5-6-19(11)13(21)14(16,17)18/h3-4,7,10H,2,5-6H2,1H3. The van der Waals surface area contributed by atoms with E-state index in [0.717, 1.165) is 4.90 Å². The molecular weight excluding hydrogens is 351 g/mol. The normalized spacial score (nSPS) is 15.8. The molecule has 0 N–H and O–H groups in total. The van der Waals surface area contributed by atoms with Gasteiger partial charge in [-0.05, 0) is 36.6 Å². The van der Waals surface area contributed by atoms with Crippen LogP contribution in [0.5, 0.6) is 0 Å². The Morgan fingerprint density at radius 3 is 2.62 bits per heavy atom. The van der Waals surface area contributed by atoms with E-state index in [0.29, 0.717) is 24.0 Å². The van der Waals surface area contributed by atoms with Crippen LogP contribution in [-0.2, 0) is 11.2 Å². The predicted molar refractivity (Wildman–Crippen MR) is 75.9 cm³/mol. The van der Waals surface area contributed by atoms with Crippen LogP contribution in [0.4, 0.5) is 18.9 Å². The highest BCUT2D eigenvalue weighted by Crippen LogP contribution is 2.33. The Kier molecular flexibility index (Phi) is 4.41. The van der Waals surface area contributed by atoms with Crippen LogP contribution >= 0.6 is 15.9 Å². The molecule has 7 heteroatoms. The van der Waals surface area contributed by atoms with Gasteiger partial charge in [0.2, 0.25) is 0 Å². The predicted octanol–water partition coefficient (Wildman–Crippen LogP) is 3.49. The van der Waals surface area contributed by atoms with E-state index in [2.05, 4.69) is 15.9 Å². The lowest BCUT2D eigenvalue weighted by molar-refractivity contribution is -0.170. The minimum absolute atomic E-state index is 0.0170. The van der Waals surface area contributed by atoms with Crippen LogP contribution in [0, 0.1) is 0 Å². The summed E-state index contributed by atoms with van der Waals surface area (Å²) in [6.45, 7) is 1.84. The van der Waals surface area contributed by atoms with Crippen molar-refractivity contribution in [3.8, 4) is 0 Å². The summed E-state index contributed by atoms with van der Waals surface area (Å²) in [5.41, 5.74) is 1.27. The summed E-state index contributed by atoms with van der Waals surface area (Å²) in [5, 5.41) is 0. The van der Waals surface area contributed by atoms with Gasteiger partial charge in [0, 0.05) is 17.8 Å². The molecule has 0 aromatic heterocycles. The molecule has 1 heterocycles. The van der Waals surface area contributed by atoms with Gasteiger partial charge in [-0.15, -0.1) is 0 Å². The minimum atomic E-state index is -4.89. The molecule has 1 aromatic carbocycles. The number of Topliss-reactive ketones (excluding diaryl/α,β-unsaturated/α-hetero) is 1. The highest BCUT2D eigenvalue weighted by atomic mass is 79.9. The van der Waals surface area contributed by atoms with E-state index in [1.54, 1.807) is 6.07 Å². The average Bonchev–Trinajstić information content (AvgIpc) is 2.86. The first-order chi connectivity index (χ1) is 9.75. The summed E-state index contributed by atoms with van der Waals surface area (Å²) in [6, 6.07) is 4.45. The fourth-order valence-electron chi connectivity index (χ4n) is 2.29. The Labute approximate surface area is 128 Å². The second-order valence-electron chi connectivity index (χ2n) is 4.79. The van der Waals surface area contributed by atoms with E-state index < -0.39 is 12.1 Å². The number of ketones is 1. The van der Waals surface area contributed by atoms with Crippen LogP contribution in [0.3, 0.4) is 0 Å². The summed E-state index contributed by atoms with van der Waals surface area (Å²) < 4.78 is 37.5. The molecule has 0 radical (unpaired) electrons. The van der Waals surface area contributed by atoms with Gasteiger partial charge < -0.3 is 4.90 Å². The smallest absolute Gasteiger partial charge is 0.304 e. The van der Waals surface area contributed by atoms with Gasteiger partial charge in [0.05, 0.1) is 4.83 Å². The maximum atomic E-state index is 12.5. The molecule has 0 bridgehead atoms. The molecule has 1 unspecified atom stereocenters. The second-order valence-corrected chi connectivity index (χ2v) is 5.89. The summed E-state index contributed by atoms with van der Waals surface area (Å²) in [5.74, 6) is -1.98. The van der Waals surface area contributed by atoms with Gasteiger partial charge in [0.15, 0.2) is 5.78 Å². The van der Waals surface area contributed by atoms with E-state index >= 15 is 0 Å². The van der Waals surface area contributed by atoms with Gasteiger partial charge in [-0.3, -0.25) is 9.59 Å². The average molecular weight is 364 g/mol. The molecule has 2 rings (SSSR count). The monoisotopic (exact) mass is 363 g/mol. The third kappa shape index (κ3) is 3.12. The Morgan fingerprint density at radius 2 is 2.05 bits per heavy atom. The molecule has 0 saturated heterocycles. The topological polar surface area (TPSA) is 37.4 Å². The van der Waals surface area contributed by atoms with Crippen molar-refractivity contribution < 1.29 is 22.8 Å². The molecular formula is C14H13BrF3NO2. The molecule has 1 aromatic rings.